The van der Waals surface area contributed by atoms with E-state index in [2.05, 4.69) is 25.9 Å². The van der Waals surface area contributed by atoms with E-state index in [1.54, 1.807) is 12.4 Å². The minimum absolute atomic E-state index is 0.109. The van der Waals surface area contributed by atoms with Crippen molar-refractivity contribution >= 4 is 39.4 Å². The van der Waals surface area contributed by atoms with E-state index in [1.165, 1.54) is 0 Å². The van der Waals surface area contributed by atoms with Crippen molar-refractivity contribution in [3.63, 3.8) is 0 Å². The van der Waals surface area contributed by atoms with Gasteiger partial charge < -0.3 is 14.5 Å². The van der Waals surface area contributed by atoms with Gasteiger partial charge in [0.1, 0.15) is 17.4 Å². The molecule has 28 heavy (non-hydrogen) atoms. The molecule has 7 heteroatoms. The number of halogens is 1. The van der Waals surface area contributed by atoms with Crippen molar-refractivity contribution in [3.8, 4) is 0 Å². The standard InChI is InChI=1S/C21H18ClN5O/c22-14-4-5-16-15(7-14)19-20(25-16)21(24-11-23-19)26-8-12-6-13(10-26)17-2-1-3-18(28)27(17)9-12/h1-5,7,11-13,25H,6,8-10H2. The second kappa shape index (κ2) is 5.82. The van der Waals surface area contributed by atoms with Crippen molar-refractivity contribution in [2.75, 3.05) is 18.0 Å². The van der Waals surface area contributed by atoms with Crippen LogP contribution in [-0.4, -0.2) is 32.6 Å². The van der Waals surface area contributed by atoms with Crippen LogP contribution in [0.3, 0.4) is 0 Å². The second-order valence-corrected chi connectivity index (χ2v) is 8.28. The van der Waals surface area contributed by atoms with Crippen LogP contribution in [0.4, 0.5) is 5.82 Å². The molecule has 0 aliphatic carbocycles. The molecule has 2 bridgehead atoms. The summed E-state index contributed by atoms with van der Waals surface area (Å²) in [6.45, 7) is 2.51. The molecule has 2 aliphatic heterocycles. The second-order valence-electron chi connectivity index (χ2n) is 7.84. The number of nitrogens with one attached hydrogen (secondary N) is 1. The van der Waals surface area contributed by atoms with E-state index < -0.39 is 0 Å². The smallest absolute Gasteiger partial charge is 0.250 e. The molecule has 6 rings (SSSR count). The van der Waals surface area contributed by atoms with Crippen LogP contribution in [0.25, 0.3) is 21.9 Å². The Hall–Kier alpha value is -2.86. The number of fused-ring (bicyclic) bond motifs is 7. The fourth-order valence-electron chi connectivity index (χ4n) is 4.96. The van der Waals surface area contributed by atoms with Crippen molar-refractivity contribution in [1.82, 2.24) is 19.5 Å². The molecule has 0 saturated carbocycles. The molecule has 0 radical (unpaired) electrons. The Balaban J connectivity index is 1.47. The fraction of sp³-hybridized carbons (Fsp3) is 0.286. The molecule has 6 nitrogen and oxygen atoms in total. The van der Waals surface area contributed by atoms with E-state index in [0.717, 1.165) is 59.5 Å². The van der Waals surface area contributed by atoms with E-state index in [9.17, 15) is 4.79 Å². The van der Waals surface area contributed by atoms with Crippen molar-refractivity contribution in [2.45, 2.75) is 18.9 Å². The van der Waals surface area contributed by atoms with Crippen LogP contribution in [0.5, 0.6) is 0 Å². The van der Waals surface area contributed by atoms with Gasteiger partial charge in [-0.25, -0.2) is 9.97 Å². The summed E-state index contributed by atoms with van der Waals surface area (Å²) in [5.41, 5.74) is 4.11. The van der Waals surface area contributed by atoms with E-state index >= 15 is 0 Å². The van der Waals surface area contributed by atoms with Crippen LogP contribution in [0.2, 0.25) is 5.02 Å². The average Bonchev–Trinajstić information content (AvgIpc) is 3.07. The highest BCUT2D eigenvalue weighted by molar-refractivity contribution is 6.31. The first-order valence-corrected chi connectivity index (χ1v) is 9.92. The minimum atomic E-state index is 0.109. The van der Waals surface area contributed by atoms with Gasteiger partial charge in [-0.1, -0.05) is 17.7 Å². The number of H-pyrrole nitrogens is 1. The molecule has 2 unspecified atom stereocenters. The number of piperidine rings is 1. The van der Waals surface area contributed by atoms with Crippen LogP contribution in [0.15, 0.2) is 47.5 Å². The zero-order valence-corrected chi connectivity index (χ0v) is 15.9. The van der Waals surface area contributed by atoms with Gasteiger partial charge in [0.15, 0.2) is 5.82 Å². The van der Waals surface area contributed by atoms with Gasteiger partial charge in [0.25, 0.3) is 5.56 Å². The van der Waals surface area contributed by atoms with Crippen LogP contribution in [-0.2, 0) is 6.54 Å². The molecule has 1 saturated heterocycles. The summed E-state index contributed by atoms with van der Waals surface area (Å²) < 4.78 is 1.96. The lowest BCUT2D eigenvalue weighted by Crippen LogP contribution is -2.47. The summed E-state index contributed by atoms with van der Waals surface area (Å²) in [6.07, 6.45) is 2.76. The Morgan fingerprint density at radius 1 is 1.11 bits per heavy atom. The summed E-state index contributed by atoms with van der Waals surface area (Å²) >= 11 is 6.19. The lowest BCUT2D eigenvalue weighted by molar-refractivity contribution is 0.281. The maximum Gasteiger partial charge on any atom is 0.250 e. The summed E-state index contributed by atoms with van der Waals surface area (Å²) in [5, 5.41) is 1.71. The predicted molar refractivity (Wildman–Crippen MR) is 110 cm³/mol. The van der Waals surface area contributed by atoms with Crippen LogP contribution in [0, 0.1) is 5.92 Å². The van der Waals surface area contributed by atoms with Crippen molar-refractivity contribution < 1.29 is 0 Å². The van der Waals surface area contributed by atoms with E-state index in [-0.39, 0.29) is 5.56 Å². The molecule has 1 aromatic carbocycles. The number of pyridine rings is 1. The Morgan fingerprint density at radius 2 is 2.04 bits per heavy atom. The van der Waals surface area contributed by atoms with Crippen molar-refractivity contribution in [1.29, 1.82) is 0 Å². The SMILES string of the molecule is O=c1cccc2n1CC1CC2CN(c2ncnc3c2[nH]c2ccc(Cl)cc23)C1. The summed E-state index contributed by atoms with van der Waals surface area (Å²) in [5.74, 6) is 1.71. The molecule has 2 aliphatic rings. The minimum Gasteiger partial charge on any atom is -0.354 e. The zero-order valence-electron chi connectivity index (χ0n) is 15.1. The number of benzene rings is 1. The maximum atomic E-state index is 12.3. The number of rotatable bonds is 1. The van der Waals surface area contributed by atoms with Gasteiger partial charge in [0.05, 0.1) is 0 Å². The first-order valence-electron chi connectivity index (χ1n) is 9.54. The van der Waals surface area contributed by atoms with Crippen LogP contribution >= 0.6 is 11.6 Å². The van der Waals surface area contributed by atoms with Crippen molar-refractivity contribution in [2.24, 2.45) is 5.92 Å². The number of aromatic nitrogens is 4. The van der Waals surface area contributed by atoms with E-state index in [1.807, 2.05) is 28.8 Å². The number of aromatic amines is 1. The number of hydrogen-bond acceptors (Lipinski definition) is 4. The number of anilines is 1. The predicted octanol–water partition coefficient (Wildman–Crippen LogP) is 3.55. The maximum absolute atomic E-state index is 12.3. The van der Waals surface area contributed by atoms with Crippen LogP contribution < -0.4 is 10.5 Å². The van der Waals surface area contributed by atoms with Gasteiger partial charge in [-0.05, 0) is 36.6 Å². The number of nitrogens with zero attached hydrogens (tertiary/aromatic N) is 4. The molecular weight excluding hydrogens is 374 g/mol. The summed E-state index contributed by atoms with van der Waals surface area (Å²) in [4.78, 5) is 27.2. The molecule has 3 aromatic heterocycles. The van der Waals surface area contributed by atoms with Gasteiger partial charge in [0, 0.05) is 53.2 Å². The van der Waals surface area contributed by atoms with Gasteiger partial charge in [0.2, 0.25) is 0 Å². The highest BCUT2D eigenvalue weighted by Gasteiger charge is 2.35. The summed E-state index contributed by atoms with van der Waals surface area (Å²) in [7, 11) is 0. The molecule has 5 heterocycles. The highest BCUT2D eigenvalue weighted by Crippen LogP contribution is 2.38. The van der Waals surface area contributed by atoms with Gasteiger partial charge in [-0.3, -0.25) is 4.79 Å². The number of hydrogen-bond donors (Lipinski definition) is 1. The molecule has 140 valence electrons. The summed E-state index contributed by atoms with van der Waals surface area (Å²) in [6, 6.07) is 11.4. The van der Waals surface area contributed by atoms with Gasteiger partial charge in [-0.15, -0.1) is 0 Å². The third-order valence-electron chi connectivity index (χ3n) is 6.10. The normalized spacial score (nSPS) is 21.2. The van der Waals surface area contributed by atoms with E-state index in [0.29, 0.717) is 16.9 Å². The fourth-order valence-corrected chi connectivity index (χ4v) is 5.13. The first-order chi connectivity index (χ1) is 13.7. The third-order valence-corrected chi connectivity index (χ3v) is 6.34. The quantitative estimate of drug-likeness (QED) is 0.539. The molecule has 2 atom stereocenters. The molecular formula is C21H18ClN5O. The molecule has 1 fully saturated rings. The molecule has 4 aromatic rings. The Kier molecular flexibility index (Phi) is 3.35. The topological polar surface area (TPSA) is 66.8 Å². The average molecular weight is 392 g/mol. The van der Waals surface area contributed by atoms with E-state index in [4.69, 9.17) is 11.6 Å². The monoisotopic (exact) mass is 391 g/mol. The van der Waals surface area contributed by atoms with Crippen molar-refractivity contribution in [3.05, 3.63) is 63.8 Å². The molecule has 1 N–H and O–H groups in total. The first kappa shape index (κ1) is 16.1. The highest BCUT2D eigenvalue weighted by atomic mass is 35.5. The zero-order chi connectivity index (χ0) is 18.8. The lowest BCUT2D eigenvalue weighted by Gasteiger charge is -2.43. The van der Waals surface area contributed by atoms with Crippen LogP contribution in [0.1, 0.15) is 18.0 Å². The third kappa shape index (κ3) is 2.31. The molecule has 0 spiro atoms. The molecule has 0 amide bonds. The lowest BCUT2D eigenvalue weighted by atomic mass is 9.83. The Bertz CT molecular complexity index is 1290. The van der Waals surface area contributed by atoms with Gasteiger partial charge in [-0.2, -0.15) is 0 Å². The van der Waals surface area contributed by atoms with Gasteiger partial charge >= 0.3 is 0 Å². The Morgan fingerprint density at radius 3 is 2.96 bits per heavy atom. The largest absolute Gasteiger partial charge is 0.354 e. The Labute approximate surface area is 165 Å².